The van der Waals surface area contributed by atoms with Gasteiger partial charge in [-0.1, -0.05) is 0 Å². The fourth-order valence-electron chi connectivity index (χ4n) is 4.11. The van der Waals surface area contributed by atoms with Crippen LogP contribution < -0.4 is 10.1 Å². The first-order valence-corrected chi connectivity index (χ1v) is 9.18. The molecule has 29 heavy (non-hydrogen) atoms. The molecule has 1 spiro atoms. The van der Waals surface area contributed by atoms with Crippen LogP contribution >= 0.6 is 0 Å². The lowest BCUT2D eigenvalue weighted by Crippen LogP contribution is -2.45. The van der Waals surface area contributed by atoms with E-state index in [1.165, 1.54) is 18.2 Å². The molecule has 0 aromatic heterocycles. The third-order valence-electron chi connectivity index (χ3n) is 5.69. The molecular weight excluding hydrogens is 387 g/mol. The lowest BCUT2D eigenvalue weighted by Gasteiger charge is -2.36. The molecule has 2 aromatic rings. The van der Waals surface area contributed by atoms with E-state index in [-0.39, 0.29) is 23.5 Å². The Morgan fingerprint density at radius 1 is 1.17 bits per heavy atom. The van der Waals surface area contributed by atoms with Gasteiger partial charge in [-0.2, -0.15) is 13.2 Å². The predicted molar refractivity (Wildman–Crippen MR) is 98.3 cm³/mol. The second-order valence-corrected chi connectivity index (χ2v) is 7.43. The van der Waals surface area contributed by atoms with Crippen LogP contribution in [0.25, 0.3) is 0 Å². The van der Waals surface area contributed by atoms with Crippen molar-refractivity contribution < 1.29 is 32.6 Å². The van der Waals surface area contributed by atoms with Gasteiger partial charge in [0.05, 0.1) is 16.5 Å². The van der Waals surface area contributed by atoms with Crippen LogP contribution in [-0.2, 0) is 16.4 Å². The standard InChI is InChI=1S/C21H18F3NO4/c22-21(23,24)13-2-4-14(5-3-13)29-15-7-8-20(18(26)10-15)11-25-17-6-1-12(19(27)28)9-16(17)20/h1-6,9,15,25H,7-8,10-11H2,(H,27,28)/t15-,20+/m1/s1. The molecule has 1 heterocycles. The third kappa shape index (κ3) is 3.43. The highest BCUT2D eigenvalue weighted by Crippen LogP contribution is 2.45. The zero-order chi connectivity index (χ0) is 20.8. The van der Waals surface area contributed by atoms with Crippen molar-refractivity contribution in [3.8, 4) is 5.75 Å². The Bertz CT molecular complexity index is 971. The molecule has 5 nitrogen and oxygen atoms in total. The van der Waals surface area contributed by atoms with E-state index in [2.05, 4.69) is 5.32 Å². The minimum atomic E-state index is -4.41. The summed E-state index contributed by atoms with van der Waals surface area (Å²) < 4.78 is 43.8. The molecule has 4 rings (SSSR count). The minimum Gasteiger partial charge on any atom is -0.490 e. The number of carbonyl (C=O) groups is 2. The maximum absolute atomic E-state index is 13.0. The summed E-state index contributed by atoms with van der Waals surface area (Å²) in [4.78, 5) is 24.3. The number of benzene rings is 2. The summed E-state index contributed by atoms with van der Waals surface area (Å²) in [5.74, 6) is -0.832. The summed E-state index contributed by atoms with van der Waals surface area (Å²) in [5, 5.41) is 12.4. The lowest BCUT2D eigenvalue weighted by molar-refractivity contribution is -0.137. The summed E-state index contributed by atoms with van der Waals surface area (Å²) in [7, 11) is 0. The van der Waals surface area contributed by atoms with Gasteiger partial charge in [0.1, 0.15) is 17.6 Å². The van der Waals surface area contributed by atoms with Crippen LogP contribution in [0.3, 0.4) is 0 Å². The number of fused-ring (bicyclic) bond motifs is 2. The molecule has 152 valence electrons. The van der Waals surface area contributed by atoms with E-state index in [4.69, 9.17) is 4.74 Å². The molecule has 2 aliphatic rings. The SMILES string of the molecule is O=C(O)c1ccc2c(c1)[C@]1(CC[C@@H](Oc3ccc(C(F)(F)F)cc3)CC1=O)CN2. The molecule has 0 bridgehead atoms. The van der Waals surface area contributed by atoms with E-state index in [0.29, 0.717) is 24.9 Å². The first-order valence-electron chi connectivity index (χ1n) is 9.18. The average molecular weight is 405 g/mol. The Kier molecular flexibility index (Phi) is 4.52. The molecule has 2 atom stereocenters. The van der Waals surface area contributed by atoms with Crippen molar-refractivity contribution in [3.63, 3.8) is 0 Å². The largest absolute Gasteiger partial charge is 0.490 e. The van der Waals surface area contributed by atoms with Gasteiger partial charge in [-0.15, -0.1) is 0 Å². The van der Waals surface area contributed by atoms with Crippen molar-refractivity contribution in [2.45, 2.75) is 37.0 Å². The first kappa shape index (κ1) is 19.3. The number of hydrogen-bond acceptors (Lipinski definition) is 4. The van der Waals surface area contributed by atoms with Gasteiger partial charge in [-0.3, -0.25) is 4.79 Å². The summed E-state index contributed by atoms with van der Waals surface area (Å²) in [6.07, 6.45) is -3.73. The van der Waals surface area contributed by atoms with Gasteiger partial charge >= 0.3 is 12.1 Å². The minimum absolute atomic E-state index is 0.0607. The number of halogens is 3. The van der Waals surface area contributed by atoms with Crippen molar-refractivity contribution >= 4 is 17.4 Å². The van der Waals surface area contributed by atoms with E-state index in [0.717, 1.165) is 17.8 Å². The van der Waals surface area contributed by atoms with Crippen molar-refractivity contribution in [1.29, 1.82) is 0 Å². The maximum atomic E-state index is 13.0. The fourth-order valence-corrected chi connectivity index (χ4v) is 4.11. The van der Waals surface area contributed by atoms with Crippen LogP contribution in [0.2, 0.25) is 0 Å². The molecule has 2 N–H and O–H groups in total. The normalized spacial score (nSPS) is 23.6. The number of ether oxygens (including phenoxy) is 1. The number of carboxylic acid groups (broad SMARTS) is 1. The molecule has 1 aliphatic heterocycles. The predicted octanol–water partition coefficient (Wildman–Crippen LogP) is 4.27. The summed E-state index contributed by atoms with van der Waals surface area (Å²) in [6, 6.07) is 9.12. The number of rotatable bonds is 3. The molecule has 0 unspecified atom stereocenters. The van der Waals surface area contributed by atoms with E-state index < -0.39 is 29.2 Å². The van der Waals surface area contributed by atoms with Gasteiger partial charge in [0.15, 0.2) is 0 Å². The van der Waals surface area contributed by atoms with Crippen LogP contribution in [0, 0.1) is 0 Å². The summed E-state index contributed by atoms with van der Waals surface area (Å²) in [6.45, 7) is 0.400. The molecule has 1 fully saturated rings. The van der Waals surface area contributed by atoms with E-state index in [1.807, 2.05) is 0 Å². The van der Waals surface area contributed by atoms with Crippen LogP contribution in [0.1, 0.15) is 40.7 Å². The number of carbonyl (C=O) groups excluding carboxylic acids is 1. The Labute approximate surface area is 164 Å². The van der Waals surface area contributed by atoms with Crippen molar-refractivity contribution in [3.05, 3.63) is 59.2 Å². The Morgan fingerprint density at radius 3 is 2.52 bits per heavy atom. The van der Waals surface area contributed by atoms with Gasteiger partial charge in [0.2, 0.25) is 0 Å². The van der Waals surface area contributed by atoms with E-state index in [1.54, 1.807) is 12.1 Å². The van der Waals surface area contributed by atoms with Gasteiger partial charge in [-0.05, 0) is 60.9 Å². The number of alkyl halides is 3. The number of carboxylic acids is 1. The molecular formula is C21H18F3NO4. The molecule has 0 saturated heterocycles. The molecule has 0 radical (unpaired) electrons. The molecule has 0 amide bonds. The third-order valence-corrected chi connectivity index (χ3v) is 5.69. The Morgan fingerprint density at radius 2 is 1.90 bits per heavy atom. The van der Waals surface area contributed by atoms with Gasteiger partial charge in [0.25, 0.3) is 0 Å². The zero-order valence-electron chi connectivity index (χ0n) is 15.3. The molecule has 8 heteroatoms. The van der Waals surface area contributed by atoms with Crippen LogP contribution in [0.5, 0.6) is 5.75 Å². The molecule has 2 aromatic carbocycles. The van der Waals surface area contributed by atoms with Crippen LogP contribution in [-0.4, -0.2) is 29.5 Å². The Hall–Kier alpha value is -3.03. The van der Waals surface area contributed by atoms with Crippen molar-refractivity contribution in [2.24, 2.45) is 0 Å². The lowest BCUT2D eigenvalue weighted by atomic mass is 9.68. The van der Waals surface area contributed by atoms with Crippen LogP contribution in [0.15, 0.2) is 42.5 Å². The summed E-state index contributed by atoms with van der Waals surface area (Å²) in [5.41, 5.74) is 0.0239. The average Bonchev–Trinajstić information content (AvgIpc) is 3.03. The second kappa shape index (κ2) is 6.79. The maximum Gasteiger partial charge on any atom is 0.416 e. The van der Waals surface area contributed by atoms with Gasteiger partial charge < -0.3 is 15.2 Å². The first-order chi connectivity index (χ1) is 13.7. The monoisotopic (exact) mass is 405 g/mol. The van der Waals surface area contributed by atoms with E-state index >= 15 is 0 Å². The van der Waals surface area contributed by atoms with Crippen molar-refractivity contribution in [1.82, 2.24) is 0 Å². The van der Waals surface area contributed by atoms with E-state index in [9.17, 15) is 27.9 Å². The number of anilines is 1. The van der Waals surface area contributed by atoms with Crippen molar-refractivity contribution in [2.75, 3.05) is 11.9 Å². The number of ketones is 1. The fraction of sp³-hybridized carbons (Fsp3) is 0.333. The number of aromatic carboxylic acids is 1. The number of Topliss-reactive ketones (excluding diaryl/α,β-unsaturated/α-hetero) is 1. The number of hydrogen-bond donors (Lipinski definition) is 2. The Balaban J connectivity index is 1.49. The van der Waals surface area contributed by atoms with Crippen LogP contribution in [0.4, 0.5) is 18.9 Å². The quantitative estimate of drug-likeness (QED) is 0.798. The topological polar surface area (TPSA) is 75.6 Å². The van der Waals surface area contributed by atoms with Gasteiger partial charge in [-0.25, -0.2) is 4.79 Å². The highest BCUT2D eigenvalue weighted by molar-refractivity contribution is 5.97. The highest BCUT2D eigenvalue weighted by Gasteiger charge is 2.49. The zero-order valence-corrected chi connectivity index (χ0v) is 15.3. The van der Waals surface area contributed by atoms with Gasteiger partial charge in [0, 0.05) is 18.7 Å². The molecule has 1 saturated carbocycles. The number of nitrogens with one attached hydrogen (secondary N) is 1. The summed E-state index contributed by atoms with van der Waals surface area (Å²) >= 11 is 0. The molecule has 1 aliphatic carbocycles. The smallest absolute Gasteiger partial charge is 0.416 e. The second-order valence-electron chi connectivity index (χ2n) is 7.43. The highest BCUT2D eigenvalue weighted by atomic mass is 19.4.